The van der Waals surface area contributed by atoms with Crippen molar-refractivity contribution in [3.8, 4) is 0 Å². The van der Waals surface area contributed by atoms with Crippen LogP contribution < -0.4 is 5.32 Å². The highest BCUT2D eigenvalue weighted by Crippen LogP contribution is 2.28. The highest BCUT2D eigenvalue weighted by molar-refractivity contribution is 8.00. The van der Waals surface area contributed by atoms with E-state index in [0.717, 1.165) is 0 Å². The summed E-state index contributed by atoms with van der Waals surface area (Å²) in [6.45, 7) is 1.73. The summed E-state index contributed by atoms with van der Waals surface area (Å²) in [5, 5.41) is 3.29. The fourth-order valence-corrected chi connectivity index (χ4v) is 2.74. The number of hydrogen-bond acceptors (Lipinski definition) is 3. The molecule has 0 aliphatic rings. The molecule has 1 aromatic heterocycles. The van der Waals surface area contributed by atoms with Crippen molar-refractivity contribution in [3.05, 3.63) is 52.4 Å². The Morgan fingerprint density at radius 1 is 1.33 bits per heavy atom. The van der Waals surface area contributed by atoms with Crippen LogP contribution in [0.5, 0.6) is 0 Å². The van der Waals surface area contributed by atoms with Crippen LogP contribution in [0.25, 0.3) is 0 Å². The molecule has 0 spiro atoms. The standard InChI is InChI=1S/C14H11Cl2FN2OS/c1-8(21-14-10(15)3-2-6-18-14)13(20)19-9-4-5-12(17)11(16)7-9/h2-8H,1H3,(H,19,20). The van der Waals surface area contributed by atoms with Gasteiger partial charge < -0.3 is 5.32 Å². The molecule has 1 N–H and O–H groups in total. The van der Waals surface area contributed by atoms with E-state index in [2.05, 4.69) is 10.3 Å². The van der Waals surface area contributed by atoms with Gasteiger partial charge in [0.05, 0.1) is 15.3 Å². The van der Waals surface area contributed by atoms with Crippen molar-refractivity contribution in [2.75, 3.05) is 5.32 Å². The SMILES string of the molecule is CC(Sc1ncccc1Cl)C(=O)Nc1ccc(F)c(Cl)c1. The molecule has 1 atom stereocenters. The van der Waals surface area contributed by atoms with Gasteiger partial charge >= 0.3 is 0 Å². The van der Waals surface area contributed by atoms with Crippen molar-refractivity contribution < 1.29 is 9.18 Å². The molecule has 3 nitrogen and oxygen atoms in total. The molecule has 0 saturated carbocycles. The lowest BCUT2D eigenvalue weighted by molar-refractivity contribution is -0.115. The first-order chi connectivity index (χ1) is 9.97. The molecule has 2 rings (SSSR count). The molecule has 0 aliphatic carbocycles. The number of thioether (sulfide) groups is 1. The summed E-state index contributed by atoms with van der Waals surface area (Å²) in [6, 6.07) is 7.44. The van der Waals surface area contributed by atoms with Crippen LogP contribution in [-0.4, -0.2) is 16.1 Å². The van der Waals surface area contributed by atoms with Crippen LogP contribution in [0.15, 0.2) is 41.6 Å². The summed E-state index contributed by atoms with van der Waals surface area (Å²) in [6.07, 6.45) is 1.61. The summed E-state index contributed by atoms with van der Waals surface area (Å²) < 4.78 is 13.1. The Balaban J connectivity index is 2.02. The zero-order valence-electron chi connectivity index (χ0n) is 10.9. The first kappa shape index (κ1) is 16.1. The van der Waals surface area contributed by atoms with Gasteiger partial charge in [-0.25, -0.2) is 9.37 Å². The van der Waals surface area contributed by atoms with Gasteiger partial charge in [0.1, 0.15) is 10.8 Å². The first-order valence-corrected chi connectivity index (χ1v) is 7.64. The van der Waals surface area contributed by atoms with E-state index in [4.69, 9.17) is 23.2 Å². The van der Waals surface area contributed by atoms with Crippen LogP contribution in [0.4, 0.5) is 10.1 Å². The van der Waals surface area contributed by atoms with E-state index in [1.165, 1.54) is 30.0 Å². The maximum Gasteiger partial charge on any atom is 0.237 e. The number of nitrogens with one attached hydrogen (secondary N) is 1. The van der Waals surface area contributed by atoms with Crippen molar-refractivity contribution in [1.82, 2.24) is 4.98 Å². The summed E-state index contributed by atoms with van der Waals surface area (Å²) in [4.78, 5) is 16.2. The molecule has 1 amide bonds. The highest BCUT2D eigenvalue weighted by Gasteiger charge is 2.17. The lowest BCUT2D eigenvalue weighted by Gasteiger charge is -2.12. The van der Waals surface area contributed by atoms with E-state index >= 15 is 0 Å². The number of hydrogen-bond donors (Lipinski definition) is 1. The van der Waals surface area contributed by atoms with Gasteiger partial charge in [0.25, 0.3) is 0 Å². The average Bonchev–Trinajstić information content (AvgIpc) is 2.45. The number of halogens is 3. The quantitative estimate of drug-likeness (QED) is 0.821. The molecular weight excluding hydrogens is 334 g/mol. The Morgan fingerprint density at radius 2 is 2.10 bits per heavy atom. The second-order valence-corrected chi connectivity index (χ2v) is 6.31. The van der Waals surface area contributed by atoms with E-state index in [-0.39, 0.29) is 10.9 Å². The van der Waals surface area contributed by atoms with Gasteiger partial charge in [-0.2, -0.15) is 0 Å². The number of benzene rings is 1. The molecule has 0 saturated heterocycles. The van der Waals surface area contributed by atoms with E-state index in [0.29, 0.717) is 15.7 Å². The Hall–Kier alpha value is -1.30. The van der Waals surface area contributed by atoms with E-state index in [1.54, 1.807) is 25.3 Å². The minimum Gasteiger partial charge on any atom is -0.325 e. The lowest BCUT2D eigenvalue weighted by atomic mass is 10.3. The minimum absolute atomic E-state index is 0.0409. The third kappa shape index (κ3) is 4.33. The third-order valence-electron chi connectivity index (χ3n) is 2.57. The minimum atomic E-state index is -0.530. The average molecular weight is 345 g/mol. The molecule has 21 heavy (non-hydrogen) atoms. The molecular formula is C14H11Cl2FN2OS. The number of anilines is 1. The van der Waals surface area contributed by atoms with Gasteiger partial charge in [-0.15, -0.1) is 0 Å². The van der Waals surface area contributed by atoms with Crippen molar-refractivity contribution in [2.24, 2.45) is 0 Å². The van der Waals surface area contributed by atoms with Crippen LogP contribution in [0.3, 0.4) is 0 Å². The fraction of sp³-hybridized carbons (Fsp3) is 0.143. The Bertz CT molecular complexity index is 669. The van der Waals surface area contributed by atoms with Gasteiger partial charge in [-0.3, -0.25) is 4.79 Å². The van der Waals surface area contributed by atoms with E-state index in [1.807, 2.05) is 0 Å². The van der Waals surface area contributed by atoms with Gasteiger partial charge in [-0.1, -0.05) is 35.0 Å². The topological polar surface area (TPSA) is 42.0 Å². The number of carbonyl (C=O) groups excluding carboxylic acids is 1. The zero-order valence-corrected chi connectivity index (χ0v) is 13.3. The van der Waals surface area contributed by atoms with Gasteiger partial charge in [-0.05, 0) is 37.3 Å². The molecule has 0 fully saturated rings. The van der Waals surface area contributed by atoms with Crippen molar-refractivity contribution in [1.29, 1.82) is 0 Å². The molecule has 7 heteroatoms. The van der Waals surface area contributed by atoms with Crippen LogP contribution in [0.1, 0.15) is 6.92 Å². The fourth-order valence-electron chi connectivity index (χ4n) is 1.50. The lowest BCUT2D eigenvalue weighted by Crippen LogP contribution is -2.22. The van der Waals surface area contributed by atoms with Crippen molar-refractivity contribution >= 4 is 46.6 Å². The van der Waals surface area contributed by atoms with E-state index < -0.39 is 11.1 Å². The number of nitrogens with zero attached hydrogens (tertiary/aromatic N) is 1. The summed E-state index contributed by atoms with van der Waals surface area (Å²) in [5.41, 5.74) is 0.436. The second kappa shape index (κ2) is 7.11. The van der Waals surface area contributed by atoms with Crippen LogP contribution in [0, 0.1) is 5.82 Å². The van der Waals surface area contributed by atoms with Gasteiger partial charge in [0.15, 0.2) is 0 Å². The summed E-state index contributed by atoms with van der Waals surface area (Å²) >= 11 is 12.9. The first-order valence-electron chi connectivity index (χ1n) is 6.00. The zero-order chi connectivity index (χ0) is 15.4. The normalized spacial score (nSPS) is 12.0. The second-order valence-electron chi connectivity index (χ2n) is 4.17. The van der Waals surface area contributed by atoms with Gasteiger partial charge in [0, 0.05) is 11.9 Å². The number of rotatable bonds is 4. The maximum absolute atomic E-state index is 13.1. The van der Waals surface area contributed by atoms with Crippen molar-refractivity contribution in [3.63, 3.8) is 0 Å². The highest BCUT2D eigenvalue weighted by atomic mass is 35.5. The van der Waals surface area contributed by atoms with Crippen LogP contribution in [0.2, 0.25) is 10.0 Å². The third-order valence-corrected chi connectivity index (χ3v) is 4.39. The number of amides is 1. The molecule has 2 aromatic rings. The smallest absolute Gasteiger partial charge is 0.237 e. The van der Waals surface area contributed by atoms with Crippen LogP contribution >= 0.6 is 35.0 Å². The molecule has 110 valence electrons. The monoisotopic (exact) mass is 344 g/mol. The number of aromatic nitrogens is 1. The predicted molar refractivity (Wildman–Crippen MR) is 84.6 cm³/mol. The maximum atomic E-state index is 13.1. The van der Waals surface area contributed by atoms with Crippen LogP contribution in [-0.2, 0) is 4.79 Å². The van der Waals surface area contributed by atoms with E-state index in [9.17, 15) is 9.18 Å². The van der Waals surface area contributed by atoms with Crippen molar-refractivity contribution in [2.45, 2.75) is 17.2 Å². The number of carbonyl (C=O) groups is 1. The molecule has 1 aromatic carbocycles. The Labute approximate surface area is 135 Å². The summed E-state index contributed by atoms with van der Waals surface area (Å²) in [7, 11) is 0. The molecule has 1 heterocycles. The Kier molecular flexibility index (Phi) is 5.45. The van der Waals surface area contributed by atoms with Gasteiger partial charge in [0.2, 0.25) is 5.91 Å². The Morgan fingerprint density at radius 3 is 2.76 bits per heavy atom. The molecule has 1 unspecified atom stereocenters. The molecule has 0 bridgehead atoms. The summed E-state index contributed by atoms with van der Waals surface area (Å²) in [5.74, 6) is -0.776. The largest absolute Gasteiger partial charge is 0.325 e. The number of pyridine rings is 1. The molecule has 0 aliphatic heterocycles. The predicted octanol–water partition coefficient (Wildman–Crippen LogP) is 4.65. The molecule has 0 radical (unpaired) electrons.